The number of aliphatic hydroxyl groups is 1. The van der Waals surface area contributed by atoms with Crippen LogP contribution in [-0.2, 0) is 6.42 Å². The number of aryl methyl sites for hydroxylation is 1. The molecule has 0 atom stereocenters. The molecule has 4 nitrogen and oxygen atoms in total. The topological polar surface area (TPSA) is 30.0 Å². The Morgan fingerprint density at radius 2 is 1.70 bits per heavy atom. The van der Waals surface area contributed by atoms with Crippen molar-refractivity contribution < 1.29 is 5.11 Å². The first kappa shape index (κ1) is 16.7. The predicted molar refractivity (Wildman–Crippen MR) is 96.2 cm³/mol. The highest BCUT2D eigenvalue weighted by molar-refractivity contribution is 5.54. The van der Waals surface area contributed by atoms with Crippen LogP contribution in [0, 0.1) is 0 Å². The van der Waals surface area contributed by atoms with E-state index in [1.54, 1.807) is 0 Å². The summed E-state index contributed by atoms with van der Waals surface area (Å²) < 4.78 is 0. The number of anilines is 1. The van der Waals surface area contributed by atoms with Crippen LogP contribution in [0.15, 0.2) is 24.3 Å². The van der Waals surface area contributed by atoms with E-state index in [-0.39, 0.29) is 6.10 Å². The fourth-order valence-electron chi connectivity index (χ4n) is 3.70. The molecule has 0 aliphatic carbocycles. The van der Waals surface area contributed by atoms with Crippen LogP contribution in [0.1, 0.15) is 24.8 Å². The summed E-state index contributed by atoms with van der Waals surface area (Å²) in [6.07, 6.45) is 4.08. The lowest BCUT2D eigenvalue weighted by molar-refractivity contribution is 0.145. The molecular formula is C19H31N3O. The molecule has 4 heteroatoms. The van der Waals surface area contributed by atoms with Crippen LogP contribution in [0.5, 0.6) is 0 Å². The summed E-state index contributed by atoms with van der Waals surface area (Å²) >= 11 is 0. The van der Waals surface area contributed by atoms with Crippen LogP contribution in [0.25, 0.3) is 0 Å². The maximum absolute atomic E-state index is 9.71. The van der Waals surface area contributed by atoms with Crippen molar-refractivity contribution in [3.63, 3.8) is 0 Å². The number of aliphatic hydroxyl groups excluding tert-OH is 1. The van der Waals surface area contributed by atoms with Gasteiger partial charge in [0.1, 0.15) is 0 Å². The molecule has 128 valence electrons. The van der Waals surface area contributed by atoms with Crippen LogP contribution in [0.3, 0.4) is 0 Å². The van der Waals surface area contributed by atoms with Gasteiger partial charge in [-0.2, -0.15) is 0 Å². The second-order valence-corrected chi connectivity index (χ2v) is 7.10. The minimum absolute atomic E-state index is 0.101. The van der Waals surface area contributed by atoms with E-state index < -0.39 is 0 Å². The molecule has 2 fully saturated rings. The van der Waals surface area contributed by atoms with Gasteiger partial charge in [0, 0.05) is 45.0 Å². The maximum atomic E-state index is 9.71. The smallest absolute Gasteiger partial charge is 0.0574 e. The molecule has 0 amide bonds. The first-order valence-corrected chi connectivity index (χ1v) is 9.14. The van der Waals surface area contributed by atoms with Crippen LogP contribution >= 0.6 is 0 Å². The molecule has 0 saturated carbocycles. The van der Waals surface area contributed by atoms with E-state index in [1.165, 1.54) is 50.4 Å². The number of para-hydroxylation sites is 1. The number of likely N-dealkylation sites (N-methyl/N-ethyl adjacent to an activating group) is 1. The number of benzene rings is 1. The summed E-state index contributed by atoms with van der Waals surface area (Å²) in [4.78, 5) is 7.47. The Bertz CT molecular complexity index is 477. The van der Waals surface area contributed by atoms with Gasteiger partial charge >= 0.3 is 0 Å². The number of piperidine rings is 1. The molecule has 0 radical (unpaired) electrons. The normalized spacial score (nSPS) is 21.7. The monoisotopic (exact) mass is 317 g/mol. The van der Waals surface area contributed by atoms with Gasteiger partial charge in [-0.3, -0.25) is 0 Å². The third-order valence-corrected chi connectivity index (χ3v) is 5.31. The van der Waals surface area contributed by atoms with Gasteiger partial charge in [-0.1, -0.05) is 18.2 Å². The quantitative estimate of drug-likeness (QED) is 0.897. The molecule has 2 aliphatic heterocycles. The second-order valence-electron chi connectivity index (χ2n) is 7.10. The average Bonchev–Trinajstić information content (AvgIpc) is 2.58. The summed E-state index contributed by atoms with van der Waals surface area (Å²) in [5, 5.41) is 9.71. The number of hydrogen-bond donors (Lipinski definition) is 1. The standard InChI is InChI=1S/C19H31N3O/c1-20-13-15-21(16-14-20)10-4-6-17-5-2-3-7-19(17)22-11-8-18(23)9-12-22/h2-3,5,7,18,23H,4,6,8-16H2,1H3. The zero-order valence-corrected chi connectivity index (χ0v) is 14.5. The lowest BCUT2D eigenvalue weighted by atomic mass is 10.0. The SMILES string of the molecule is CN1CCN(CCCc2ccccc2N2CCC(O)CC2)CC1. The van der Waals surface area contributed by atoms with Gasteiger partial charge < -0.3 is 19.8 Å². The van der Waals surface area contributed by atoms with Crippen molar-refractivity contribution in [3.8, 4) is 0 Å². The van der Waals surface area contributed by atoms with E-state index in [2.05, 4.69) is 46.0 Å². The third kappa shape index (κ3) is 4.69. The number of hydrogen-bond acceptors (Lipinski definition) is 4. The van der Waals surface area contributed by atoms with E-state index >= 15 is 0 Å². The van der Waals surface area contributed by atoms with Crippen molar-refractivity contribution in [2.24, 2.45) is 0 Å². The zero-order chi connectivity index (χ0) is 16.1. The molecule has 1 aromatic carbocycles. The van der Waals surface area contributed by atoms with Gasteiger partial charge in [-0.25, -0.2) is 0 Å². The largest absolute Gasteiger partial charge is 0.393 e. The third-order valence-electron chi connectivity index (χ3n) is 5.31. The van der Waals surface area contributed by atoms with E-state index in [0.717, 1.165) is 32.4 Å². The van der Waals surface area contributed by atoms with Gasteiger partial charge in [0.05, 0.1) is 6.10 Å². The Kier molecular flexibility index (Phi) is 5.92. The Morgan fingerprint density at radius 1 is 1.00 bits per heavy atom. The number of nitrogens with zero attached hydrogens (tertiary/aromatic N) is 3. The summed E-state index contributed by atoms with van der Waals surface area (Å²) in [5.41, 5.74) is 2.86. The molecule has 0 aromatic heterocycles. The van der Waals surface area contributed by atoms with Gasteiger partial charge in [-0.05, 0) is 50.9 Å². The second kappa shape index (κ2) is 8.13. The van der Waals surface area contributed by atoms with Crippen molar-refractivity contribution >= 4 is 5.69 Å². The van der Waals surface area contributed by atoms with Crippen LogP contribution in [-0.4, -0.2) is 73.9 Å². The first-order chi connectivity index (χ1) is 11.2. The van der Waals surface area contributed by atoms with E-state index in [4.69, 9.17) is 0 Å². The Balaban J connectivity index is 1.51. The summed E-state index contributed by atoms with van der Waals surface area (Å²) in [6.45, 7) is 8.00. The Labute approximate surface area is 140 Å². The number of piperazine rings is 1. The van der Waals surface area contributed by atoms with Crippen molar-refractivity contribution in [2.75, 3.05) is 57.8 Å². The molecule has 2 saturated heterocycles. The van der Waals surface area contributed by atoms with Gasteiger partial charge in [0.25, 0.3) is 0 Å². The molecule has 2 heterocycles. The summed E-state index contributed by atoms with van der Waals surface area (Å²) in [5.74, 6) is 0. The van der Waals surface area contributed by atoms with Gasteiger partial charge in [0.2, 0.25) is 0 Å². The Hall–Kier alpha value is -1.10. The van der Waals surface area contributed by atoms with E-state index in [0.29, 0.717) is 0 Å². The summed E-state index contributed by atoms with van der Waals surface area (Å²) in [6, 6.07) is 8.84. The van der Waals surface area contributed by atoms with Crippen LogP contribution < -0.4 is 4.90 Å². The molecule has 0 unspecified atom stereocenters. The van der Waals surface area contributed by atoms with Crippen LogP contribution in [0.2, 0.25) is 0 Å². The molecule has 1 aromatic rings. The van der Waals surface area contributed by atoms with E-state index in [1.807, 2.05) is 0 Å². The number of rotatable bonds is 5. The molecule has 2 aliphatic rings. The predicted octanol–water partition coefficient (Wildman–Crippen LogP) is 1.83. The maximum Gasteiger partial charge on any atom is 0.0574 e. The summed E-state index contributed by atoms with van der Waals surface area (Å²) in [7, 11) is 2.21. The lowest BCUT2D eigenvalue weighted by Crippen LogP contribution is -2.44. The molecule has 0 spiro atoms. The van der Waals surface area contributed by atoms with Gasteiger partial charge in [0.15, 0.2) is 0 Å². The Morgan fingerprint density at radius 3 is 2.43 bits per heavy atom. The molecule has 0 bridgehead atoms. The molecule has 23 heavy (non-hydrogen) atoms. The van der Waals surface area contributed by atoms with Crippen molar-refractivity contribution in [2.45, 2.75) is 31.8 Å². The highest BCUT2D eigenvalue weighted by atomic mass is 16.3. The average molecular weight is 317 g/mol. The van der Waals surface area contributed by atoms with Crippen molar-refractivity contribution in [1.29, 1.82) is 0 Å². The van der Waals surface area contributed by atoms with Gasteiger partial charge in [-0.15, -0.1) is 0 Å². The zero-order valence-electron chi connectivity index (χ0n) is 14.5. The minimum Gasteiger partial charge on any atom is -0.393 e. The van der Waals surface area contributed by atoms with Crippen molar-refractivity contribution in [1.82, 2.24) is 9.80 Å². The van der Waals surface area contributed by atoms with E-state index in [9.17, 15) is 5.11 Å². The lowest BCUT2D eigenvalue weighted by Gasteiger charge is -2.33. The van der Waals surface area contributed by atoms with Crippen molar-refractivity contribution in [3.05, 3.63) is 29.8 Å². The fraction of sp³-hybridized carbons (Fsp3) is 0.684. The first-order valence-electron chi connectivity index (χ1n) is 9.14. The van der Waals surface area contributed by atoms with Crippen LogP contribution in [0.4, 0.5) is 5.69 Å². The molecule has 1 N–H and O–H groups in total. The molecular weight excluding hydrogens is 286 g/mol. The fourth-order valence-corrected chi connectivity index (χ4v) is 3.70. The highest BCUT2D eigenvalue weighted by Gasteiger charge is 2.19. The minimum atomic E-state index is -0.101. The highest BCUT2D eigenvalue weighted by Crippen LogP contribution is 2.25. The molecule has 3 rings (SSSR count).